The van der Waals surface area contributed by atoms with Crippen LogP contribution in [0.4, 0.5) is 0 Å². The zero-order valence-electron chi connectivity index (χ0n) is 7.14. The van der Waals surface area contributed by atoms with Gasteiger partial charge in [0.2, 0.25) is 0 Å². The van der Waals surface area contributed by atoms with Gasteiger partial charge in [-0.3, -0.25) is 12.2 Å². The maximum atomic E-state index is 2.99. The fourth-order valence-electron chi connectivity index (χ4n) is 0.680. The molecule has 0 saturated heterocycles. The molecule has 0 aromatic rings. The third kappa shape index (κ3) is 12.3. The molecule has 71 valence electrons. The maximum absolute atomic E-state index is 2.99. The Kier molecular flexibility index (Phi) is 21.6. The van der Waals surface area contributed by atoms with Gasteiger partial charge in [0.25, 0.3) is 0 Å². The summed E-state index contributed by atoms with van der Waals surface area (Å²) in [7, 11) is 0. The van der Waals surface area contributed by atoms with Crippen molar-refractivity contribution in [2.45, 2.75) is 12.8 Å². The van der Waals surface area contributed by atoms with Crippen LogP contribution in [0.5, 0.6) is 0 Å². The molecule has 0 heterocycles. The molecule has 13 heavy (non-hydrogen) atoms. The second-order valence-corrected chi connectivity index (χ2v) is 2.01. The first kappa shape index (κ1) is 19.0. The Balaban J connectivity index is -0.000000125. The van der Waals surface area contributed by atoms with E-state index in [2.05, 4.69) is 24.3 Å². The van der Waals surface area contributed by atoms with Gasteiger partial charge in [0.15, 0.2) is 0 Å². The summed E-state index contributed by atoms with van der Waals surface area (Å²) in [6.07, 6.45) is 20.0. The topological polar surface area (TPSA) is 0 Å². The van der Waals surface area contributed by atoms with Crippen molar-refractivity contribution >= 4 is 24.8 Å². The maximum Gasteiger partial charge on any atom is 2.00 e. The molecular formula is C10H12Cl2Nb. The quantitative estimate of drug-likeness (QED) is 0.474. The van der Waals surface area contributed by atoms with Crippen molar-refractivity contribution in [2.24, 2.45) is 0 Å². The first-order valence-electron chi connectivity index (χ1n) is 3.43. The fourth-order valence-corrected chi connectivity index (χ4v) is 0.680. The molecule has 0 saturated carbocycles. The number of allylic oxidation sites excluding steroid dienone is 8. The van der Waals surface area contributed by atoms with E-state index in [0.29, 0.717) is 0 Å². The van der Waals surface area contributed by atoms with E-state index in [1.165, 1.54) is 0 Å². The summed E-state index contributed by atoms with van der Waals surface area (Å²) < 4.78 is 0. The van der Waals surface area contributed by atoms with Crippen molar-refractivity contribution in [1.82, 2.24) is 0 Å². The minimum absolute atomic E-state index is 0. The van der Waals surface area contributed by atoms with Gasteiger partial charge in [-0.2, -0.15) is 12.2 Å². The van der Waals surface area contributed by atoms with E-state index < -0.39 is 0 Å². The molecule has 3 heteroatoms. The predicted molar refractivity (Wildman–Crippen MR) is 57.6 cm³/mol. The molecule has 0 N–H and O–H groups in total. The van der Waals surface area contributed by atoms with Crippen LogP contribution < -0.4 is 0 Å². The number of hydrogen-bond donors (Lipinski definition) is 0. The molecule has 1 radical (unpaired) electrons. The molecule has 0 nitrogen and oxygen atoms in total. The van der Waals surface area contributed by atoms with Gasteiger partial charge in [0.05, 0.1) is 0 Å². The fraction of sp³-hybridized carbons (Fsp3) is 0.200. The zero-order valence-corrected chi connectivity index (χ0v) is 11.0. The molecule has 0 aromatic heterocycles. The monoisotopic (exact) mass is 295 g/mol. The Hall–Kier alpha value is 0.280. The number of halogens is 2. The average molecular weight is 296 g/mol. The summed E-state index contributed by atoms with van der Waals surface area (Å²) in [4.78, 5) is 0. The van der Waals surface area contributed by atoms with E-state index in [-0.39, 0.29) is 47.2 Å². The Morgan fingerprint density at radius 2 is 1.15 bits per heavy atom. The number of hydrogen-bond acceptors (Lipinski definition) is 0. The van der Waals surface area contributed by atoms with Crippen molar-refractivity contribution in [3.63, 3.8) is 0 Å². The minimum atomic E-state index is 0. The molecule has 0 aliphatic heterocycles. The molecule has 2 aliphatic rings. The van der Waals surface area contributed by atoms with Gasteiger partial charge in [0, 0.05) is 0 Å². The smallest absolute Gasteiger partial charge is 0.273 e. The van der Waals surface area contributed by atoms with Crippen LogP contribution in [0.2, 0.25) is 0 Å². The van der Waals surface area contributed by atoms with E-state index in [1.54, 1.807) is 0 Å². The van der Waals surface area contributed by atoms with Crippen LogP contribution in [0, 0.1) is 12.2 Å². The molecule has 0 spiro atoms. The standard InChI is InChI=1S/2C5H5.2ClH.Nb/c2*1-2-4-5-3-1;;;/h2*1-3H,4H2;2*1H;/q2*-1;;;+2. The van der Waals surface area contributed by atoms with Crippen molar-refractivity contribution in [2.75, 3.05) is 0 Å². The van der Waals surface area contributed by atoms with E-state index >= 15 is 0 Å². The minimum Gasteiger partial charge on any atom is -0.273 e. The van der Waals surface area contributed by atoms with Gasteiger partial charge < -0.3 is 0 Å². The Morgan fingerprint density at radius 1 is 0.769 bits per heavy atom. The largest absolute Gasteiger partial charge is 2.00 e. The molecule has 0 amide bonds. The molecule has 0 bridgehead atoms. The Morgan fingerprint density at radius 3 is 1.23 bits per heavy atom. The third-order valence-corrected chi connectivity index (χ3v) is 1.17. The SMILES string of the molecule is Cl.Cl.[C-]1=CC=CC1.[C-]1=CC=CC1.[Nb+2]. The summed E-state index contributed by atoms with van der Waals surface area (Å²) in [5, 5.41) is 0. The first-order chi connectivity index (χ1) is 5.00. The van der Waals surface area contributed by atoms with Crippen LogP contribution in [0.25, 0.3) is 0 Å². The van der Waals surface area contributed by atoms with Crippen molar-refractivity contribution in [3.8, 4) is 0 Å². The van der Waals surface area contributed by atoms with Crippen LogP contribution in [0.3, 0.4) is 0 Å². The number of rotatable bonds is 0. The van der Waals surface area contributed by atoms with Crippen LogP contribution in [-0.4, -0.2) is 0 Å². The predicted octanol–water partition coefficient (Wildman–Crippen LogP) is 3.45. The first-order valence-corrected chi connectivity index (χ1v) is 3.43. The van der Waals surface area contributed by atoms with Gasteiger partial charge in [-0.15, -0.1) is 37.7 Å². The second-order valence-electron chi connectivity index (χ2n) is 2.01. The van der Waals surface area contributed by atoms with Crippen LogP contribution in [0.15, 0.2) is 36.5 Å². The van der Waals surface area contributed by atoms with Crippen LogP contribution in [0.1, 0.15) is 12.8 Å². The molecule has 2 aliphatic carbocycles. The summed E-state index contributed by atoms with van der Waals surface area (Å²) >= 11 is 0. The summed E-state index contributed by atoms with van der Waals surface area (Å²) in [5.41, 5.74) is 0. The molecule has 0 atom stereocenters. The van der Waals surface area contributed by atoms with Gasteiger partial charge >= 0.3 is 22.4 Å². The van der Waals surface area contributed by atoms with E-state index in [0.717, 1.165) is 12.8 Å². The van der Waals surface area contributed by atoms with Crippen molar-refractivity contribution < 1.29 is 22.4 Å². The molecule has 0 aromatic carbocycles. The Labute approximate surface area is 108 Å². The summed E-state index contributed by atoms with van der Waals surface area (Å²) in [6, 6.07) is 0. The third-order valence-electron chi connectivity index (χ3n) is 1.17. The van der Waals surface area contributed by atoms with Gasteiger partial charge in [-0.05, 0) is 0 Å². The van der Waals surface area contributed by atoms with Crippen molar-refractivity contribution in [1.29, 1.82) is 0 Å². The van der Waals surface area contributed by atoms with Crippen LogP contribution >= 0.6 is 24.8 Å². The van der Waals surface area contributed by atoms with Gasteiger partial charge in [-0.1, -0.05) is 0 Å². The zero-order chi connectivity index (χ0) is 7.07. The average Bonchev–Trinajstić information content (AvgIpc) is 2.67. The van der Waals surface area contributed by atoms with Gasteiger partial charge in [-0.25, -0.2) is 24.3 Å². The molecule has 0 fully saturated rings. The Bertz CT molecular complexity index is 151. The summed E-state index contributed by atoms with van der Waals surface area (Å²) in [5.74, 6) is 0. The van der Waals surface area contributed by atoms with E-state index in [1.807, 2.05) is 24.3 Å². The normalized spacial score (nSPS) is 13.5. The van der Waals surface area contributed by atoms with Gasteiger partial charge in [0.1, 0.15) is 0 Å². The molecule has 0 unspecified atom stereocenters. The second kappa shape index (κ2) is 14.8. The van der Waals surface area contributed by atoms with E-state index in [4.69, 9.17) is 0 Å². The van der Waals surface area contributed by atoms with Crippen LogP contribution in [-0.2, 0) is 22.4 Å². The van der Waals surface area contributed by atoms with Crippen molar-refractivity contribution in [3.05, 3.63) is 48.6 Å². The molecule has 2 rings (SSSR count). The van der Waals surface area contributed by atoms with E-state index in [9.17, 15) is 0 Å². The summed E-state index contributed by atoms with van der Waals surface area (Å²) in [6.45, 7) is 0. The molecular weight excluding hydrogens is 284 g/mol.